The molecule has 28 nitrogen and oxygen atoms in total. The zero-order valence-corrected chi connectivity index (χ0v) is 54.3. The molecule has 6 heterocycles. The lowest BCUT2D eigenvalue weighted by Gasteiger charge is -2.28. The quantitative estimate of drug-likeness (QED) is 0.152. The van der Waals surface area contributed by atoms with Gasteiger partial charge < -0.3 is 68.8 Å². The lowest BCUT2D eigenvalue weighted by Crippen LogP contribution is -2.53. The van der Waals surface area contributed by atoms with Crippen LogP contribution in [-0.4, -0.2) is 308 Å². The van der Waals surface area contributed by atoms with Crippen molar-refractivity contribution in [1.29, 1.82) is 0 Å². The summed E-state index contributed by atoms with van der Waals surface area (Å²) in [5.74, 6) is -9.32. The molecule has 8 unspecified atom stereocenters. The van der Waals surface area contributed by atoms with Gasteiger partial charge in [-0.15, -0.1) is 70.6 Å². The Hall–Kier alpha value is -4.93. The number of methoxy groups -OCH3 is 4. The molecule has 6 amide bonds. The van der Waals surface area contributed by atoms with E-state index in [4.69, 9.17) is 67.5 Å². The smallest absolute Gasteiger partial charge is 0.330 e. The summed E-state index contributed by atoms with van der Waals surface area (Å²) in [7, 11) is 35.5. The second-order valence-electron chi connectivity index (χ2n) is 20.9. The molecule has 86 heavy (non-hydrogen) atoms. The summed E-state index contributed by atoms with van der Waals surface area (Å²) in [4.78, 5) is 163. The molecule has 6 saturated heterocycles. The van der Waals surface area contributed by atoms with Gasteiger partial charge in [-0.05, 0) is 69.2 Å². The van der Waals surface area contributed by atoms with Crippen molar-refractivity contribution in [3.05, 3.63) is 0 Å². The van der Waals surface area contributed by atoms with E-state index < -0.39 is 138 Å². The first-order valence-corrected chi connectivity index (χ1v) is 30.6. The molecule has 464 valence electrons. The maximum absolute atomic E-state index is 11.5. The Morgan fingerprint density at radius 1 is 0.314 bits per heavy atom. The van der Waals surface area contributed by atoms with E-state index >= 15 is 0 Å². The van der Waals surface area contributed by atoms with Crippen LogP contribution in [0.2, 0.25) is 0 Å². The second kappa shape index (κ2) is 32.0. The molecular formula is C46H64B6N6O22S6. The highest BCUT2D eigenvalue weighted by Crippen LogP contribution is 2.44. The molecular weight excluding hydrogens is 1250 g/mol. The Labute approximate surface area is 530 Å². The molecule has 0 bridgehead atoms. The van der Waals surface area contributed by atoms with Crippen LogP contribution in [0.25, 0.3) is 0 Å². The van der Waals surface area contributed by atoms with Crippen molar-refractivity contribution in [2.24, 2.45) is 0 Å². The van der Waals surface area contributed by atoms with Crippen LogP contribution in [0.1, 0.15) is 69.2 Å². The third-order valence-electron chi connectivity index (χ3n) is 13.6. The predicted octanol–water partition coefficient (Wildman–Crippen LogP) is 1.56. The fourth-order valence-electron chi connectivity index (χ4n) is 8.70. The third kappa shape index (κ3) is 19.0. The Morgan fingerprint density at radius 3 is 0.640 bits per heavy atom. The van der Waals surface area contributed by atoms with Crippen LogP contribution in [0, 0.1) is 0 Å². The molecule has 6 rings (SSSR count). The highest BCUT2D eigenvalue weighted by atomic mass is 32.2. The van der Waals surface area contributed by atoms with Crippen LogP contribution in [0.5, 0.6) is 0 Å². The number of carbonyl (C=O) groups is 14. The Bertz CT molecular complexity index is 2460. The van der Waals surface area contributed by atoms with Crippen molar-refractivity contribution >= 4 is 200 Å². The van der Waals surface area contributed by atoms with Gasteiger partial charge in [0.15, 0.2) is 46.9 Å². The summed E-state index contributed by atoms with van der Waals surface area (Å²) >= 11 is 7.79. The van der Waals surface area contributed by atoms with Crippen molar-refractivity contribution in [3.63, 3.8) is 0 Å². The maximum atomic E-state index is 11.5. The summed E-state index contributed by atoms with van der Waals surface area (Å²) in [5.41, 5.74) is 0. The molecule has 0 aliphatic carbocycles. The topological polar surface area (TPSA) is 376 Å². The number of nitrogens with zero attached hydrogens (tertiary/aromatic N) is 6. The van der Waals surface area contributed by atoms with E-state index in [2.05, 4.69) is 18.9 Å². The first-order chi connectivity index (χ1) is 39.2. The largest absolute Gasteiger partial charge is 0.480 e. The van der Waals surface area contributed by atoms with Gasteiger partial charge in [-0.2, -0.15) is 0 Å². The Balaban J connectivity index is 0.000000517. The SMILES string of the molecule is [B]C(=O)N1CSC(C)(C(=O)O)C1C(=O)OC.[B]C(=O)N1CSC(C)(C(=O)O)C1C(=O)OC.[B]C(=O)N1CSC(C)(C)C1C(=O)O.[B]C(=O)N1CSC(C)(C)C1C(=O)O.[B]C(=O)N1CSC(C)(C)C1C(=O)OC.[B]C(=O)N1CSC(C)(C)C1C(=O)OC. The molecule has 8 atom stereocenters. The lowest BCUT2D eigenvalue weighted by molar-refractivity contribution is -0.152. The van der Waals surface area contributed by atoms with E-state index in [1.807, 2.05) is 27.7 Å². The van der Waals surface area contributed by atoms with Crippen molar-refractivity contribution < 1.29 is 106 Å². The summed E-state index contributed by atoms with van der Waals surface area (Å²) in [6.07, 6.45) is 0. The van der Waals surface area contributed by atoms with Crippen molar-refractivity contribution in [1.82, 2.24) is 29.4 Å². The molecule has 6 fully saturated rings. The number of carbonyl (C=O) groups excluding carboxylic acids is 10. The first kappa shape index (κ1) is 79.1. The number of aliphatic carboxylic acids is 4. The van der Waals surface area contributed by atoms with Crippen LogP contribution in [-0.2, 0) is 57.3 Å². The first-order valence-electron chi connectivity index (χ1n) is 24.6. The maximum Gasteiger partial charge on any atom is 0.330 e. The number of hydrogen-bond acceptors (Lipinski definition) is 24. The van der Waals surface area contributed by atoms with E-state index in [-0.39, 0.29) is 21.2 Å². The molecule has 6 aliphatic rings. The molecule has 6 aliphatic heterocycles. The van der Waals surface area contributed by atoms with Crippen molar-refractivity contribution in [3.8, 4) is 0 Å². The van der Waals surface area contributed by atoms with E-state index in [0.29, 0.717) is 23.5 Å². The number of carboxylic acid groups (broad SMARTS) is 4. The number of hydrogen-bond donors (Lipinski definition) is 4. The second-order valence-corrected chi connectivity index (χ2v) is 30.1. The fourth-order valence-corrected chi connectivity index (χ4v) is 15.6. The van der Waals surface area contributed by atoms with Gasteiger partial charge in [0.25, 0.3) is 0 Å². The third-order valence-corrected chi connectivity index (χ3v) is 21.9. The minimum atomic E-state index is -1.43. The van der Waals surface area contributed by atoms with Gasteiger partial charge in [0.2, 0.25) is 47.1 Å². The standard InChI is InChI=1S/2C8H10BNO5S.2C8H12BNO3S.2C7H10BNO3S/c2*1-8(6(12)13)4(5(11)15-2)10(3-16-8)7(9)14;2*1-8(2)5(6(11)13-3)10(4-14-8)7(9)12;2*1-7(2)4(5(10)11)9(3-13-7)6(8)12/h2*4H,3H2,1-2H3,(H,12,13);2*5H,4H2,1-3H3;2*4H,3H2,1-2H3,(H,10,11). The molecule has 0 aromatic carbocycles. The van der Waals surface area contributed by atoms with Crippen LogP contribution < -0.4 is 0 Å². The van der Waals surface area contributed by atoms with E-state index in [0.717, 1.165) is 47.5 Å². The van der Waals surface area contributed by atoms with Gasteiger partial charge in [0, 0.05) is 19.0 Å². The lowest BCUT2D eigenvalue weighted by atomic mass is 9.97. The summed E-state index contributed by atoms with van der Waals surface area (Å²) in [6, 6.07) is -5.22. The molecule has 0 aromatic heterocycles. The van der Waals surface area contributed by atoms with E-state index in [1.54, 1.807) is 27.7 Å². The number of carboxylic acids is 4. The van der Waals surface area contributed by atoms with Gasteiger partial charge in [0.1, 0.15) is 33.7 Å². The van der Waals surface area contributed by atoms with Crippen LogP contribution >= 0.6 is 70.6 Å². The molecule has 0 aromatic rings. The molecule has 0 saturated carbocycles. The highest BCUT2D eigenvalue weighted by Gasteiger charge is 2.57. The minimum absolute atomic E-state index is 0.0535. The monoisotopic (exact) mass is 1310 g/mol. The average molecular weight is 1310 g/mol. The fraction of sp³-hybridized carbons (Fsp3) is 0.696. The normalized spacial score (nSPS) is 26.7. The van der Waals surface area contributed by atoms with Crippen LogP contribution in [0.3, 0.4) is 0 Å². The summed E-state index contributed by atoms with van der Waals surface area (Å²) < 4.78 is 13.8. The Morgan fingerprint density at radius 2 is 0.477 bits per heavy atom. The molecule has 4 N–H and O–H groups in total. The number of rotatable bonds is 8. The number of amides is 6. The summed E-state index contributed by atoms with van der Waals surface area (Å²) in [5, 5.41) is 36.0. The van der Waals surface area contributed by atoms with Gasteiger partial charge >= 0.3 is 47.8 Å². The summed E-state index contributed by atoms with van der Waals surface area (Å²) in [6.45, 7) is 17.5. The number of esters is 4. The van der Waals surface area contributed by atoms with Crippen LogP contribution in [0.4, 0.5) is 28.8 Å². The van der Waals surface area contributed by atoms with Crippen molar-refractivity contribution in [2.75, 3.05) is 63.7 Å². The van der Waals surface area contributed by atoms with Crippen molar-refractivity contribution in [2.45, 2.75) is 134 Å². The number of thioether (sulfide) groups is 6. The molecule has 40 heteroatoms. The number of ether oxygens (including phenoxy) is 4. The Kier molecular flexibility index (Phi) is 29.4. The molecule has 12 radical (unpaired) electrons. The predicted molar refractivity (Wildman–Crippen MR) is 327 cm³/mol. The van der Waals surface area contributed by atoms with E-state index in [9.17, 15) is 67.1 Å². The average Bonchev–Trinajstić information content (AvgIpc) is 3.06. The zero-order valence-electron chi connectivity index (χ0n) is 49.4. The highest BCUT2D eigenvalue weighted by molar-refractivity contribution is 8.02. The van der Waals surface area contributed by atoms with E-state index in [1.165, 1.54) is 94.7 Å². The van der Waals surface area contributed by atoms with Gasteiger partial charge in [0.05, 0.1) is 63.7 Å². The zero-order chi connectivity index (χ0) is 67.3. The molecule has 0 spiro atoms. The van der Waals surface area contributed by atoms with Gasteiger partial charge in [-0.1, -0.05) is 0 Å². The van der Waals surface area contributed by atoms with Gasteiger partial charge in [-0.25, -0.2) is 28.8 Å². The minimum Gasteiger partial charge on any atom is -0.480 e. The van der Waals surface area contributed by atoms with Crippen LogP contribution in [0.15, 0.2) is 0 Å². The van der Waals surface area contributed by atoms with Gasteiger partial charge in [-0.3, -0.25) is 38.4 Å².